The van der Waals surface area contributed by atoms with Crippen LogP contribution in [-0.4, -0.2) is 22.7 Å². The highest BCUT2D eigenvalue weighted by molar-refractivity contribution is 9.10. The number of benzene rings is 1. The number of amides is 1. The van der Waals surface area contributed by atoms with Gasteiger partial charge in [0.25, 0.3) is 0 Å². The van der Waals surface area contributed by atoms with Gasteiger partial charge in [-0.3, -0.25) is 9.48 Å². The molecule has 0 aliphatic carbocycles. The van der Waals surface area contributed by atoms with E-state index in [1.807, 2.05) is 6.07 Å². The van der Waals surface area contributed by atoms with Crippen LogP contribution < -0.4 is 4.90 Å². The zero-order valence-corrected chi connectivity index (χ0v) is 13.4. The van der Waals surface area contributed by atoms with Gasteiger partial charge < -0.3 is 4.90 Å². The van der Waals surface area contributed by atoms with Crippen molar-refractivity contribution < 1.29 is 18.0 Å². The normalized spacial score (nSPS) is 11.5. The van der Waals surface area contributed by atoms with Crippen LogP contribution in [0.25, 0.3) is 0 Å². The minimum atomic E-state index is -4.57. The molecular formula is C14H13BrF3N3O. The number of rotatable bonds is 3. The Balaban J connectivity index is 2.23. The van der Waals surface area contributed by atoms with Crippen molar-refractivity contribution in [2.24, 2.45) is 0 Å². The highest BCUT2D eigenvalue weighted by Crippen LogP contribution is 2.35. The highest BCUT2D eigenvalue weighted by atomic mass is 79.9. The summed E-state index contributed by atoms with van der Waals surface area (Å²) in [6, 6.07) is 8.84. The SMILES string of the molecule is Cc1c(Br)c(C(F)(F)F)nn1CC(=O)N(C)c1ccccc1. The van der Waals surface area contributed by atoms with Crippen molar-refractivity contribution in [1.82, 2.24) is 9.78 Å². The summed E-state index contributed by atoms with van der Waals surface area (Å²) in [5, 5.41) is 3.49. The summed E-state index contributed by atoms with van der Waals surface area (Å²) in [5.41, 5.74) is -0.116. The third-order valence-corrected chi connectivity index (χ3v) is 4.15. The van der Waals surface area contributed by atoms with E-state index >= 15 is 0 Å². The van der Waals surface area contributed by atoms with Gasteiger partial charge >= 0.3 is 6.18 Å². The fourth-order valence-corrected chi connectivity index (χ4v) is 2.40. The summed E-state index contributed by atoms with van der Waals surface area (Å²) < 4.78 is 39.3. The minimum absolute atomic E-state index is 0.143. The van der Waals surface area contributed by atoms with Crippen LogP contribution in [0.4, 0.5) is 18.9 Å². The molecule has 1 aromatic heterocycles. The van der Waals surface area contributed by atoms with Crippen molar-refractivity contribution in [2.75, 3.05) is 11.9 Å². The summed E-state index contributed by atoms with van der Waals surface area (Å²) in [5.74, 6) is -0.363. The Bertz CT molecular complexity index is 683. The summed E-state index contributed by atoms with van der Waals surface area (Å²) in [6.45, 7) is 1.20. The third kappa shape index (κ3) is 3.32. The van der Waals surface area contributed by atoms with E-state index in [4.69, 9.17) is 0 Å². The van der Waals surface area contributed by atoms with E-state index in [1.54, 1.807) is 31.3 Å². The number of hydrogen-bond donors (Lipinski definition) is 0. The van der Waals surface area contributed by atoms with Gasteiger partial charge in [0.1, 0.15) is 6.54 Å². The predicted molar refractivity (Wildman–Crippen MR) is 79.5 cm³/mol. The molecule has 0 radical (unpaired) electrons. The van der Waals surface area contributed by atoms with Crippen molar-refractivity contribution >= 4 is 27.5 Å². The minimum Gasteiger partial charge on any atom is -0.314 e. The summed E-state index contributed by atoms with van der Waals surface area (Å²) >= 11 is 2.88. The average molecular weight is 376 g/mol. The van der Waals surface area contributed by atoms with Crippen LogP contribution >= 0.6 is 15.9 Å². The Morgan fingerprint density at radius 2 is 1.91 bits per heavy atom. The fraction of sp³-hybridized carbons (Fsp3) is 0.286. The first-order valence-corrected chi connectivity index (χ1v) is 7.13. The Labute approximate surface area is 133 Å². The molecule has 0 spiro atoms. The van der Waals surface area contributed by atoms with Crippen LogP contribution in [0, 0.1) is 6.92 Å². The molecule has 0 bridgehead atoms. The molecule has 2 aromatic rings. The van der Waals surface area contributed by atoms with Crippen molar-refractivity contribution in [3.63, 3.8) is 0 Å². The fourth-order valence-electron chi connectivity index (χ4n) is 1.89. The van der Waals surface area contributed by atoms with Gasteiger partial charge in [-0.2, -0.15) is 18.3 Å². The molecule has 0 fully saturated rings. The van der Waals surface area contributed by atoms with E-state index in [9.17, 15) is 18.0 Å². The number of carbonyl (C=O) groups is 1. The van der Waals surface area contributed by atoms with Crippen molar-refractivity contribution in [3.05, 3.63) is 46.2 Å². The van der Waals surface area contributed by atoms with Gasteiger partial charge in [-0.25, -0.2) is 0 Å². The zero-order valence-electron chi connectivity index (χ0n) is 11.9. The second-order valence-corrected chi connectivity index (χ2v) is 5.48. The number of halogens is 4. The van der Waals surface area contributed by atoms with Gasteiger partial charge in [-0.15, -0.1) is 0 Å². The first-order valence-electron chi connectivity index (χ1n) is 6.33. The van der Waals surface area contributed by atoms with Gasteiger partial charge in [-0.05, 0) is 35.0 Å². The molecule has 0 aliphatic heterocycles. The molecule has 0 N–H and O–H groups in total. The zero-order chi connectivity index (χ0) is 16.5. The lowest BCUT2D eigenvalue weighted by atomic mass is 10.3. The second kappa shape index (κ2) is 6.12. The highest BCUT2D eigenvalue weighted by Gasteiger charge is 2.38. The van der Waals surface area contributed by atoms with Gasteiger partial charge in [-0.1, -0.05) is 18.2 Å². The molecule has 0 saturated carbocycles. The lowest BCUT2D eigenvalue weighted by Crippen LogP contribution is -2.30. The number of para-hydroxylation sites is 1. The van der Waals surface area contributed by atoms with Gasteiger partial charge in [0.15, 0.2) is 5.69 Å². The largest absolute Gasteiger partial charge is 0.436 e. The summed E-state index contributed by atoms with van der Waals surface area (Å²) in [4.78, 5) is 13.6. The van der Waals surface area contributed by atoms with Gasteiger partial charge in [0.2, 0.25) is 5.91 Å². The lowest BCUT2D eigenvalue weighted by molar-refractivity contribution is -0.142. The Morgan fingerprint density at radius 3 is 2.41 bits per heavy atom. The second-order valence-electron chi connectivity index (χ2n) is 4.69. The monoisotopic (exact) mass is 375 g/mol. The quantitative estimate of drug-likeness (QED) is 0.821. The smallest absolute Gasteiger partial charge is 0.314 e. The maximum Gasteiger partial charge on any atom is 0.436 e. The van der Waals surface area contributed by atoms with E-state index in [0.29, 0.717) is 5.69 Å². The first-order chi connectivity index (χ1) is 10.2. The number of hydrogen-bond acceptors (Lipinski definition) is 2. The van der Waals surface area contributed by atoms with E-state index in [0.717, 1.165) is 4.68 Å². The average Bonchev–Trinajstić information content (AvgIpc) is 2.75. The molecule has 1 heterocycles. The van der Waals surface area contributed by atoms with Crippen molar-refractivity contribution in [3.8, 4) is 0 Å². The summed E-state index contributed by atoms with van der Waals surface area (Å²) in [7, 11) is 1.57. The number of likely N-dealkylation sites (N-methyl/N-ethyl adjacent to an activating group) is 1. The molecule has 1 amide bonds. The van der Waals surface area contributed by atoms with Gasteiger partial charge in [0.05, 0.1) is 10.2 Å². The van der Waals surface area contributed by atoms with Crippen LogP contribution in [0.1, 0.15) is 11.4 Å². The molecule has 4 nitrogen and oxygen atoms in total. The maximum absolute atomic E-state index is 12.8. The van der Waals surface area contributed by atoms with Crippen LogP contribution in [0.5, 0.6) is 0 Å². The van der Waals surface area contributed by atoms with Crippen LogP contribution in [0.15, 0.2) is 34.8 Å². The van der Waals surface area contributed by atoms with Crippen LogP contribution in [0.3, 0.4) is 0 Å². The van der Waals surface area contributed by atoms with E-state index in [-0.39, 0.29) is 22.6 Å². The molecule has 0 atom stereocenters. The molecule has 8 heteroatoms. The molecule has 0 unspecified atom stereocenters. The molecule has 0 saturated heterocycles. The van der Waals surface area contributed by atoms with Crippen molar-refractivity contribution in [1.29, 1.82) is 0 Å². The molecule has 1 aromatic carbocycles. The molecule has 118 valence electrons. The Kier molecular flexibility index (Phi) is 4.60. The number of carbonyl (C=O) groups excluding carboxylic acids is 1. The van der Waals surface area contributed by atoms with Gasteiger partial charge in [0, 0.05) is 12.7 Å². The Morgan fingerprint density at radius 1 is 1.32 bits per heavy atom. The van der Waals surface area contributed by atoms with Crippen molar-refractivity contribution in [2.45, 2.75) is 19.6 Å². The first kappa shape index (κ1) is 16.5. The third-order valence-electron chi connectivity index (χ3n) is 3.20. The van der Waals surface area contributed by atoms with E-state index in [2.05, 4.69) is 21.0 Å². The number of anilines is 1. The topological polar surface area (TPSA) is 38.1 Å². The molecule has 2 rings (SSSR count). The number of aromatic nitrogens is 2. The molecule has 22 heavy (non-hydrogen) atoms. The summed E-state index contributed by atoms with van der Waals surface area (Å²) in [6.07, 6.45) is -4.57. The predicted octanol–water partition coefficient (Wildman–Crippen LogP) is 3.64. The Hall–Kier alpha value is -1.83. The van der Waals surface area contributed by atoms with Crippen LogP contribution in [0.2, 0.25) is 0 Å². The number of alkyl halides is 3. The number of nitrogens with zero attached hydrogens (tertiary/aromatic N) is 3. The van der Waals surface area contributed by atoms with E-state index < -0.39 is 11.9 Å². The van der Waals surface area contributed by atoms with E-state index in [1.165, 1.54) is 11.8 Å². The standard InChI is InChI=1S/C14H13BrF3N3O/c1-9-12(15)13(14(16,17)18)19-21(9)8-11(22)20(2)10-6-4-3-5-7-10/h3-7H,8H2,1-2H3. The molecular weight excluding hydrogens is 363 g/mol. The van der Waals surface area contributed by atoms with Crippen LogP contribution in [-0.2, 0) is 17.5 Å². The lowest BCUT2D eigenvalue weighted by Gasteiger charge is -2.17. The maximum atomic E-state index is 12.8. The molecule has 0 aliphatic rings.